The second kappa shape index (κ2) is 5.56. The Kier molecular flexibility index (Phi) is 4.32. The topological polar surface area (TPSA) is 83.0 Å². The number of nitrogens with zero attached hydrogens (tertiary/aromatic N) is 3. The zero-order valence-corrected chi connectivity index (χ0v) is 10.0. The fraction of sp³-hybridized carbons (Fsp3) is 0.364. The summed E-state index contributed by atoms with van der Waals surface area (Å²) in [7, 11) is 1.44. The van der Waals surface area contributed by atoms with Gasteiger partial charge in [-0.3, -0.25) is 4.79 Å². The summed E-state index contributed by atoms with van der Waals surface area (Å²) in [6.45, 7) is 0.144. The molecule has 5 nitrogen and oxygen atoms in total. The fourth-order valence-electron chi connectivity index (χ4n) is 1.41. The van der Waals surface area contributed by atoms with E-state index in [1.807, 2.05) is 6.07 Å². The fourth-order valence-corrected chi connectivity index (χ4v) is 1.41. The zero-order valence-electron chi connectivity index (χ0n) is 10.0. The molecule has 8 heteroatoms. The molecule has 1 amide bonds. The van der Waals surface area contributed by atoms with Crippen molar-refractivity contribution >= 4 is 11.7 Å². The van der Waals surface area contributed by atoms with Crippen molar-refractivity contribution in [3.63, 3.8) is 0 Å². The van der Waals surface area contributed by atoms with Gasteiger partial charge in [0, 0.05) is 13.6 Å². The summed E-state index contributed by atoms with van der Waals surface area (Å²) in [6.07, 6.45) is -4.52. The second-order valence-corrected chi connectivity index (χ2v) is 3.76. The highest BCUT2D eigenvalue weighted by atomic mass is 19.4. The number of nitrogens with two attached hydrogens (primary N) is 1. The Hall–Kier alpha value is -2.30. The molecule has 0 atom stereocenters. The van der Waals surface area contributed by atoms with E-state index < -0.39 is 17.8 Å². The molecule has 0 spiro atoms. The van der Waals surface area contributed by atoms with Crippen LogP contribution in [0, 0.1) is 11.3 Å². The predicted molar refractivity (Wildman–Crippen MR) is 61.3 cm³/mol. The van der Waals surface area contributed by atoms with Gasteiger partial charge in [-0.2, -0.15) is 18.4 Å². The number of hydrogen-bond donors (Lipinski definition) is 1. The third-order valence-electron chi connectivity index (χ3n) is 2.35. The highest BCUT2D eigenvalue weighted by Gasteiger charge is 2.33. The second-order valence-electron chi connectivity index (χ2n) is 3.76. The molecule has 0 unspecified atom stereocenters. The van der Waals surface area contributed by atoms with E-state index >= 15 is 0 Å². The number of rotatable bonds is 4. The number of nitriles is 1. The minimum atomic E-state index is -4.61. The lowest BCUT2D eigenvalue weighted by Gasteiger charge is -2.20. The van der Waals surface area contributed by atoms with Crippen LogP contribution in [0.3, 0.4) is 0 Å². The molecule has 0 aliphatic carbocycles. The largest absolute Gasteiger partial charge is 0.433 e. The minimum absolute atomic E-state index is 0.0899. The van der Waals surface area contributed by atoms with Crippen LogP contribution in [0.15, 0.2) is 12.1 Å². The Morgan fingerprint density at radius 2 is 2.16 bits per heavy atom. The lowest BCUT2D eigenvalue weighted by atomic mass is 10.2. The first-order valence-corrected chi connectivity index (χ1v) is 5.23. The van der Waals surface area contributed by atoms with E-state index in [4.69, 9.17) is 11.0 Å². The number of aromatic nitrogens is 1. The van der Waals surface area contributed by atoms with Crippen LogP contribution in [0.25, 0.3) is 0 Å². The summed E-state index contributed by atoms with van der Waals surface area (Å²) in [5.41, 5.74) is 3.86. The predicted octanol–water partition coefficient (Wildman–Crippen LogP) is 1.55. The number of carbonyl (C=O) groups excluding carboxylic acids is 1. The van der Waals surface area contributed by atoms with Crippen LogP contribution < -0.4 is 10.6 Å². The molecule has 0 aliphatic rings. The van der Waals surface area contributed by atoms with Gasteiger partial charge in [-0.15, -0.1) is 0 Å². The quantitative estimate of drug-likeness (QED) is 0.901. The smallest absolute Gasteiger partial charge is 0.365 e. The highest BCUT2D eigenvalue weighted by molar-refractivity contribution is 5.97. The van der Waals surface area contributed by atoms with Gasteiger partial charge in [0.2, 0.25) is 0 Å². The Bertz CT molecular complexity index is 522. The van der Waals surface area contributed by atoms with Crippen molar-refractivity contribution in [2.24, 2.45) is 5.73 Å². The minimum Gasteiger partial charge on any atom is -0.365 e. The first-order chi connectivity index (χ1) is 8.77. The molecule has 0 saturated heterocycles. The number of halogens is 3. The normalized spacial score (nSPS) is 10.9. The zero-order chi connectivity index (χ0) is 14.6. The van der Waals surface area contributed by atoms with Crippen molar-refractivity contribution in [3.8, 4) is 6.07 Å². The van der Waals surface area contributed by atoms with Crippen LogP contribution in [-0.2, 0) is 6.18 Å². The maximum atomic E-state index is 12.6. The van der Waals surface area contributed by atoms with E-state index in [1.54, 1.807) is 0 Å². The molecule has 0 aromatic carbocycles. The van der Waals surface area contributed by atoms with Gasteiger partial charge in [0.25, 0.3) is 5.91 Å². The number of anilines is 1. The maximum Gasteiger partial charge on any atom is 0.433 e. The average Bonchev–Trinajstić information content (AvgIpc) is 2.33. The van der Waals surface area contributed by atoms with Gasteiger partial charge in [-0.1, -0.05) is 0 Å². The number of alkyl halides is 3. The average molecular weight is 272 g/mol. The Labute approximate surface area is 107 Å². The molecule has 1 rings (SSSR count). The van der Waals surface area contributed by atoms with Gasteiger partial charge in [0.05, 0.1) is 18.1 Å². The van der Waals surface area contributed by atoms with Crippen molar-refractivity contribution < 1.29 is 18.0 Å². The first-order valence-electron chi connectivity index (χ1n) is 5.23. The van der Waals surface area contributed by atoms with E-state index in [2.05, 4.69) is 4.98 Å². The van der Waals surface area contributed by atoms with Crippen LogP contribution in [-0.4, -0.2) is 24.5 Å². The number of primary amides is 1. The molecule has 2 N–H and O–H groups in total. The molecule has 0 bridgehead atoms. The molecular weight excluding hydrogens is 261 g/mol. The van der Waals surface area contributed by atoms with Crippen molar-refractivity contribution in [2.45, 2.75) is 12.6 Å². The van der Waals surface area contributed by atoms with Gasteiger partial charge >= 0.3 is 6.18 Å². The summed E-state index contributed by atoms with van der Waals surface area (Å²) in [5.74, 6) is -1.06. The third-order valence-corrected chi connectivity index (χ3v) is 2.35. The van der Waals surface area contributed by atoms with Crippen LogP contribution in [0.2, 0.25) is 0 Å². The third kappa shape index (κ3) is 3.58. The number of hydrogen-bond acceptors (Lipinski definition) is 4. The number of carbonyl (C=O) groups is 1. The summed E-state index contributed by atoms with van der Waals surface area (Å²) in [6, 6.07) is 3.53. The van der Waals surface area contributed by atoms with E-state index in [9.17, 15) is 18.0 Å². The summed E-state index contributed by atoms with van der Waals surface area (Å²) < 4.78 is 37.7. The van der Waals surface area contributed by atoms with Gasteiger partial charge in [-0.25, -0.2) is 4.98 Å². The van der Waals surface area contributed by atoms with Crippen LogP contribution >= 0.6 is 0 Å². The van der Waals surface area contributed by atoms with Crippen molar-refractivity contribution in [1.82, 2.24) is 4.98 Å². The van der Waals surface area contributed by atoms with Crippen LogP contribution in [0.5, 0.6) is 0 Å². The van der Waals surface area contributed by atoms with E-state index in [0.717, 1.165) is 6.07 Å². The molecule has 0 aliphatic heterocycles. The summed E-state index contributed by atoms with van der Waals surface area (Å²) in [4.78, 5) is 15.9. The molecule has 19 heavy (non-hydrogen) atoms. The number of amides is 1. The van der Waals surface area contributed by atoms with E-state index in [1.165, 1.54) is 11.9 Å². The molecule has 0 fully saturated rings. The SMILES string of the molecule is CN(CCC#N)c1nc(C(F)(F)F)ccc1C(N)=O. The lowest BCUT2D eigenvalue weighted by molar-refractivity contribution is -0.141. The Balaban J connectivity index is 3.24. The number of pyridine rings is 1. The Morgan fingerprint density at radius 1 is 1.53 bits per heavy atom. The molecule has 1 aromatic rings. The van der Waals surface area contributed by atoms with Crippen LogP contribution in [0.1, 0.15) is 22.5 Å². The lowest BCUT2D eigenvalue weighted by Crippen LogP contribution is -2.25. The summed E-state index contributed by atoms with van der Waals surface area (Å²) in [5, 5.41) is 8.46. The molecule has 0 radical (unpaired) electrons. The van der Waals surface area contributed by atoms with Gasteiger partial charge in [0.15, 0.2) is 0 Å². The van der Waals surface area contributed by atoms with Crippen molar-refractivity contribution in [3.05, 3.63) is 23.4 Å². The molecule has 0 saturated carbocycles. The van der Waals surface area contributed by atoms with Gasteiger partial charge < -0.3 is 10.6 Å². The first kappa shape index (κ1) is 14.8. The standard InChI is InChI=1S/C11H11F3N4O/c1-18(6-2-5-15)10-7(9(16)19)3-4-8(17-10)11(12,13)14/h3-4H,2,6H2,1H3,(H2,16,19). The van der Waals surface area contributed by atoms with E-state index in [-0.39, 0.29) is 24.3 Å². The van der Waals surface area contributed by atoms with Crippen molar-refractivity contribution in [2.75, 3.05) is 18.5 Å². The molecule has 1 aromatic heterocycles. The van der Waals surface area contributed by atoms with Gasteiger partial charge in [-0.05, 0) is 12.1 Å². The molecule has 1 heterocycles. The summed E-state index contributed by atoms with van der Waals surface area (Å²) >= 11 is 0. The van der Waals surface area contributed by atoms with Crippen molar-refractivity contribution in [1.29, 1.82) is 5.26 Å². The maximum absolute atomic E-state index is 12.6. The Morgan fingerprint density at radius 3 is 2.63 bits per heavy atom. The van der Waals surface area contributed by atoms with Gasteiger partial charge in [0.1, 0.15) is 11.5 Å². The highest BCUT2D eigenvalue weighted by Crippen LogP contribution is 2.30. The monoisotopic (exact) mass is 272 g/mol. The van der Waals surface area contributed by atoms with Crippen LogP contribution in [0.4, 0.5) is 19.0 Å². The molecular formula is C11H11F3N4O. The molecule has 102 valence electrons. The van der Waals surface area contributed by atoms with E-state index in [0.29, 0.717) is 6.07 Å².